The van der Waals surface area contributed by atoms with E-state index in [4.69, 9.17) is 0 Å². The molecule has 0 unspecified atom stereocenters. The molecule has 0 aromatic heterocycles. The van der Waals surface area contributed by atoms with E-state index in [1.54, 1.807) is 0 Å². The van der Waals surface area contributed by atoms with Crippen molar-refractivity contribution in [3.05, 3.63) is 35.9 Å². The minimum absolute atomic E-state index is 0.884. The largest absolute Gasteiger partial charge is 0.160 e. The van der Waals surface area contributed by atoms with Crippen LogP contribution >= 0.6 is 0 Å². The fraction of sp³-hybridized carbons (Fsp3) is 0.739. The molecule has 0 aliphatic heterocycles. The summed E-state index contributed by atoms with van der Waals surface area (Å²) in [5.41, 5.74) is 1.51. The summed E-state index contributed by atoms with van der Waals surface area (Å²) in [6.07, 6.45) is 28.0. The van der Waals surface area contributed by atoms with Crippen LogP contribution < -0.4 is 0 Å². The number of unbranched alkanes of at least 4 members (excludes halogenated alkanes) is 8. The van der Waals surface area contributed by atoms with Crippen molar-refractivity contribution in [2.24, 2.45) is 0 Å². The Morgan fingerprint density at radius 1 is 0.750 bits per heavy atom. The van der Waals surface area contributed by atoms with Gasteiger partial charge in [-0.2, -0.15) is 0 Å². The average Bonchev–Trinajstić information content (AvgIpc) is 2.60. The molecule has 0 saturated heterocycles. The second-order valence-electron chi connectivity index (χ2n) is 7.22. The molecule has 138 valence electrons. The molecule has 0 amide bonds. The maximum absolute atomic E-state index is 2.31. The van der Waals surface area contributed by atoms with Crippen LogP contribution in [0.1, 0.15) is 105 Å². The molecule has 0 aromatic rings. The van der Waals surface area contributed by atoms with Gasteiger partial charge in [0, 0.05) is 0 Å². The Labute approximate surface area is 154 Å². The maximum Gasteiger partial charge on any atom is 0.160 e. The van der Waals surface area contributed by atoms with Crippen LogP contribution in [0.2, 0.25) is 5.82 Å². The van der Waals surface area contributed by atoms with E-state index in [0.717, 1.165) is 5.82 Å². The SMILES string of the molecule is C\C=C/C=C\C(BC(CCCCCCC)CCCCCCC)=C/C. The number of hydrogen-bond donors (Lipinski definition) is 0. The molecule has 1 heteroatoms. The van der Waals surface area contributed by atoms with E-state index >= 15 is 0 Å². The van der Waals surface area contributed by atoms with Gasteiger partial charge in [0.15, 0.2) is 7.28 Å². The highest BCUT2D eigenvalue weighted by Gasteiger charge is 2.11. The highest BCUT2D eigenvalue weighted by Crippen LogP contribution is 2.25. The van der Waals surface area contributed by atoms with E-state index in [9.17, 15) is 0 Å². The fourth-order valence-corrected chi connectivity index (χ4v) is 3.33. The summed E-state index contributed by atoms with van der Waals surface area (Å²) in [4.78, 5) is 0. The van der Waals surface area contributed by atoms with Crippen molar-refractivity contribution in [1.82, 2.24) is 0 Å². The monoisotopic (exact) mass is 330 g/mol. The lowest BCUT2D eigenvalue weighted by Gasteiger charge is -2.16. The first-order chi connectivity index (χ1) is 11.8. The van der Waals surface area contributed by atoms with Crippen LogP contribution in [0.25, 0.3) is 0 Å². The Hall–Kier alpha value is -0.715. The molecule has 0 fully saturated rings. The summed E-state index contributed by atoms with van der Waals surface area (Å²) in [7, 11) is 1.27. The number of allylic oxidation sites excluding steroid dienone is 6. The number of hydrogen-bond acceptors (Lipinski definition) is 0. The van der Waals surface area contributed by atoms with E-state index in [2.05, 4.69) is 58.1 Å². The van der Waals surface area contributed by atoms with Crippen molar-refractivity contribution in [1.29, 1.82) is 0 Å². The van der Waals surface area contributed by atoms with Crippen molar-refractivity contribution in [2.45, 2.75) is 111 Å². The van der Waals surface area contributed by atoms with Gasteiger partial charge in [0.1, 0.15) is 0 Å². The zero-order valence-corrected chi connectivity index (χ0v) is 17.2. The predicted molar refractivity (Wildman–Crippen MR) is 115 cm³/mol. The van der Waals surface area contributed by atoms with Crippen LogP contribution in [-0.4, -0.2) is 7.28 Å². The third kappa shape index (κ3) is 14.9. The van der Waals surface area contributed by atoms with Gasteiger partial charge in [-0.05, 0) is 13.8 Å². The molecule has 0 heterocycles. The van der Waals surface area contributed by atoms with Crippen LogP contribution in [0.5, 0.6) is 0 Å². The maximum atomic E-state index is 2.31. The van der Waals surface area contributed by atoms with E-state index in [0.29, 0.717) is 0 Å². The quantitative estimate of drug-likeness (QED) is 0.153. The molecule has 0 aliphatic carbocycles. The molecule has 0 N–H and O–H groups in total. The molecule has 0 aromatic carbocycles. The lowest BCUT2D eigenvalue weighted by Crippen LogP contribution is -2.07. The van der Waals surface area contributed by atoms with Gasteiger partial charge in [-0.25, -0.2) is 0 Å². The Bertz CT molecular complexity index is 324. The van der Waals surface area contributed by atoms with Crippen molar-refractivity contribution in [3.8, 4) is 0 Å². The standard InChI is InChI=1S/C23H43B/c1-5-9-12-14-17-20-23(21-18-15-13-10-6-2)24-22(8-4)19-16-11-7-3/h7-8,11,16,19,23-24H,5-6,9-10,12-15,17-18,20-21H2,1-4H3/b11-7-,19-16-,22-8+. The highest BCUT2D eigenvalue weighted by atomic mass is 14.1. The van der Waals surface area contributed by atoms with Gasteiger partial charge in [-0.1, -0.05) is 133 Å². The summed E-state index contributed by atoms with van der Waals surface area (Å²) in [6.45, 7) is 8.87. The van der Waals surface area contributed by atoms with Gasteiger partial charge >= 0.3 is 0 Å². The second-order valence-corrected chi connectivity index (χ2v) is 7.22. The van der Waals surface area contributed by atoms with E-state index in [1.807, 2.05) is 0 Å². The van der Waals surface area contributed by atoms with Crippen molar-refractivity contribution < 1.29 is 0 Å². The third-order valence-electron chi connectivity index (χ3n) is 4.94. The first-order valence-electron chi connectivity index (χ1n) is 10.7. The summed E-state index contributed by atoms with van der Waals surface area (Å²) in [5, 5.41) is 0. The van der Waals surface area contributed by atoms with Gasteiger partial charge in [0.05, 0.1) is 0 Å². The summed E-state index contributed by atoms with van der Waals surface area (Å²) in [5.74, 6) is 0.884. The first kappa shape index (κ1) is 23.3. The molecule has 0 rings (SSSR count). The van der Waals surface area contributed by atoms with Crippen molar-refractivity contribution in [3.63, 3.8) is 0 Å². The van der Waals surface area contributed by atoms with Crippen molar-refractivity contribution in [2.75, 3.05) is 0 Å². The van der Waals surface area contributed by atoms with E-state index in [1.165, 1.54) is 89.8 Å². The molecule has 0 nitrogen and oxygen atoms in total. The molecule has 0 spiro atoms. The topological polar surface area (TPSA) is 0 Å². The highest BCUT2D eigenvalue weighted by molar-refractivity contribution is 6.48. The molecule has 0 radical (unpaired) electrons. The van der Waals surface area contributed by atoms with Gasteiger partial charge in [-0.3, -0.25) is 0 Å². The lowest BCUT2D eigenvalue weighted by molar-refractivity contribution is 0.540. The lowest BCUT2D eigenvalue weighted by atomic mass is 9.55. The molecular weight excluding hydrogens is 287 g/mol. The minimum Gasteiger partial charge on any atom is -0.0936 e. The van der Waals surface area contributed by atoms with Gasteiger partial charge < -0.3 is 0 Å². The Kier molecular flexibility index (Phi) is 18.1. The normalized spacial score (nSPS) is 12.8. The van der Waals surface area contributed by atoms with Gasteiger partial charge in [0.2, 0.25) is 0 Å². The fourth-order valence-electron chi connectivity index (χ4n) is 3.33. The van der Waals surface area contributed by atoms with Crippen LogP contribution in [0.3, 0.4) is 0 Å². The molecule has 0 saturated carbocycles. The Balaban J connectivity index is 4.31. The second kappa shape index (κ2) is 18.6. The first-order valence-corrected chi connectivity index (χ1v) is 10.7. The Morgan fingerprint density at radius 2 is 1.29 bits per heavy atom. The van der Waals surface area contributed by atoms with E-state index in [-0.39, 0.29) is 0 Å². The Morgan fingerprint density at radius 3 is 1.75 bits per heavy atom. The summed E-state index contributed by atoms with van der Waals surface area (Å²) < 4.78 is 0. The summed E-state index contributed by atoms with van der Waals surface area (Å²) in [6, 6.07) is 0. The zero-order chi connectivity index (χ0) is 17.9. The van der Waals surface area contributed by atoms with Crippen LogP contribution in [0, 0.1) is 0 Å². The average molecular weight is 330 g/mol. The molecule has 0 atom stereocenters. The minimum atomic E-state index is 0.884. The molecule has 0 bridgehead atoms. The van der Waals surface area contributed by atoms with Crippen molar-refractivity contribution >= 4 is 7.28 Å². The van der Waals surface area contributed by atoms with Gasteiger partial charge in [0.25, 0.3) is 0 Å². The third-order valence-corrected chi connectivity index (χ3v) is 4.94. The molecular formula is C23H43B. The van der Waals surface area contributed by atoms with E-state index < -0.39 is 0 Å². The molecule has 24 heavy (non-hydrogen) atoms. The van der Waals surface area contributed by atoms with Crippen LogP contribution in [-0.2, 0) is 0 Å². The predicted octanol–water partition coefficient (Wildman–Crippen LogP) is 7.97. The molecule has 0 aliphatic rings. The number of rotatable bonds is 16. The smallest absolute Gasteiger partial charge is 0.0936 e. The van der Waals surface area contributed by atoms with Crippen LogP contribution in [0.15, 0.2) is 35.9 Å². The summed E-state index contributed by atoms with van der Waals surface area (Å²) >= 11 is 0. The van der Waals surface area contributed by atoms with Gasteiger partial charge in [-0.15, -0.1) is 0 Å². The zero-order valence-electron chi connectivity index (χ0n) is 17.2. The van der Waals surface area contributed by atoms with Crippen LogP contribution in [0.4, 0.5) is 0 Å².